The lowest BCUT2D eigenvalue weighted by Gasteiger charge is -2.20. The van der Waals surface area contributed by atoms with Gasteiger partial charge in [0.1, 0.15) is 12.1 Å². The molecule has 0 saturated carbocycles. The predicted molar refractivity (Wildman–Crippen MR) is 87.1 cm³/mol. The Bertz CT molecular complexity index is 278. The molecule has 19 heavy (non-hydrogen) atoms. The molecule has 0 aromatic rings. The van der Waals surface area contributed by atoms with Gasteiger partial charge in [0.25, 0.3) is 0 Å². The first kappa shape index (κ1) is 20.7. The second-order valence-electron chi connectivity index (χ2n) is 4.64. The zero-order valence-electron chi connectivity index (χ0n) is 12.4. The molecule has 0 fully saturated rings. The van der Waals surface area contributed by atoms with Crippen LogP contribution in [0.3, 0.4) is 0 Å². The largest absolute Gasteiger partial charge is 0.459 e. The molecule has 0 atom stereocenters. The van der Waals surface area contributed by atoms with Crippen molar-refractivity contribution in [1.82, 2.24) is 10.6 Å². The first-order valence-corrected chi connectivity index (χ1v) is 6.13. The third-order valence-electron chi connectivity index (χ3n) is 1.79. The van der Waals surface area contributed by atoms with Crippen molar-refractivity contribution in [3.63, 3.8) is 0 Å². The SMILES string of the molecule is CCOCCNC(=NC)NCC(=O)OC(C)(C)C.I. The van der Waals surface area contributed by atoms with Gasteiger partial charge in [-0.2, -0.15) is 0 Å². The molecule has 0 saturated heterocycles. The Labute approximate surface area is 132 Å². The molecule has 0 heterocycles. The monoisotopic (exact) mass is 387 g/mol. The van der Waals surface area contributed by atoms with Gasteiger partial charge in [0.2, 0.25) is 0 Å². The van der Waals surface area contributed by atoms with Crippen molar-refractivity contribution in [2.24, 2.45) is 4.99 Å². The highest BCUT2D eigenvalue weighted by Crippen LogP contribution is 2.05. The van der Waals surface area contributed by atoms with E-state index in [2.05, 4.69) is 15.6 Å². The summed E-state index contributed by atoms with van der Waals surface area (Å²) in [6, 6.07) is 0. The summed E-state index contributed by atoms with van der Waals surface area (Å²) in [6.07, 6.45) is 0. The zero-order chi connectivity index (χ0) is 14.0. The summed E-state index contributed by atoms with van der Waals surface area (Å²) < 4.78 is 10.3. The first-order valence-electron chi connectivity index (χ1n) is 6.13. The summed E-state index contributed by atoms with van der Waals surface area (Å²) in [6.45, 7) is 9.46. The van der Waals surface area contributed by atoms with E-state index in [1.807, 2.05) is 27.7 Å². The quantitative estimate of drug-likeness (QED) is 0.235. The van der Waals surface area contributed by atoms with E-state index in [-0.39, 0.29) is 36.5 Å². The summed E-state index contributed by atoms with van der Waals surface area (Å²) in [4.78, 5) is 15.4. The van der Waals surface area contributed by atoms with E-state index in [1.54, 1.807) is 7.05 Å². The van der Waals surface area contributed by atoms with E-state index in [4.69, 9.17) is 9.47 Å². The standard InChI is InChI=1S/C12H25N3O3.HI/c1-6-17-8-7-14-11(13-5)15-9-10(16)18-12(2,3)4;/h6-9H2,1-5H3,(H2,13,14,15);1H. The number of rotatable bonds is 6. The molecule has 0 amide bonds. The van der Waals surface area contributed by atoms with Crippen LogP contribution in [0.15, 0.2) is 4.99 Å². The molecule has 114 valence electrons. The number of hydrogen-bond acceptors (Lipinski definition) is 4. The van der Waals surface area contributed by atoms with Gasteiger partial charge in [-0.15, -0.1) is 24.0 Å². The maximum absolute atomic E-state index is 11.5. The lowest BCUT2D eigenvalue weighted by molar-refractivity contribution is -0.153. The summed E-state index contributed by atoms with van der Waals surface area (Å²) in [5, 5.41) is 5.91. The first-order chi connectivity index (χ1) is 8.39. The van der Waals surface area contributed by atoms with Crippen LogP contribution in [-0.4, -0.2) is 50.9 Å². The molecule has 0 rings (SSSR count). The Kier molecular flexibility index (Phi) is 12.3. The Morgan fingerprint density at radius 1 is 1.26 bits per heavy atom. The molecule has 6 nitrogen and oxygen atoms in total. The Morgan fingerprint density at radius 3 is 2.37 bits per heavy atom. The maximum Gasteiger partial charge on any atom is 0.325 e. The highest BCUT2D eigenvalue weighted by molar-refractivity contribution is 14.0. The lowest BCUT2D eigenvalue weighted by atomic mass is 10.2. The van der Waals surface area contributed by atoms with Gasteiger partial charge in [-0.3, -0.25) is 9.79 Å². The van der Waals surface area contributed by atoms with Crippen LogP contribution >= 0.6 is 24.0 Å². The van der Waals surface area contributed by atoms with Gasteiger partial charge < -0.3 is 20.1 Å². The number of nitrogens with one attached hydrogen (secondary N) is 2. The molecule has 0 aliphatic carbocycles. The number of ether oxygens (including phenoxy) is 2. The van der Waals surface area contributed by atoms with E-state index in [1.165, 1.54) is 0 Å². The fraction of sp³-hybridized carbons (Fsp3) is 0.833. The Hall–Kier alpha value is -0.570. The van der Waals surface area contributed by atoms with Gasteiger partial charge in [-0.1, -0.05) is 0 Å². The van der Waals surface area contributed by atoms with E-state index < -0.39 is 5.60 Å². The fourth-order valence-electron chi connectivity index (χ4n) is 1.14. The van der Waals surface area contributed by atoms with Crippen molar-refractivity contribution < 1.29 is 14.3 Å². The number of aliphatic imine (C=N–C) groups is 1. The van der Waals surface area contributed by atoms with Gasteiger partial charge in [0.05, 0.1) is 6.61 Å². The summed E-state index contributed by atoms with van der Waals surface area (Å²) in [5.74, 6) is 0.246. The number of guanidine groups is 1. The van der Waals surface area contributed by atoms with Crippen molar-refractivity contribution in [2.75, 3.05) is 33.4 Å². The predicted octanol–water partition coefficient (Wildman–Crippen LogP) is 1.15. The van der Waals surface area contributed by atoms with Gasteiger partial charge in [-0.25, -0.2) is 0 Å². The number of carbonyl (C=O) groups excluding carboxylic acids is 1. The molecule has 0 unspecified atom stereocenters. The van der Waals surface area contributed by atoms with Crippen LogP contribution in [0.4, 0.5) is 0 Å². The normalized spacial score (nSPS) is 11.5. The minimum absolute atomic E-state index is 0. The minimum Gasteiger partial charge on any atom is -0.459 e. The van der Waals surface area contributed by atoms with Gasteiger partial charge in [0, 0.05) is 20.2 Å². The number of nitrogens with zero attached hydrogens (tertiary/aromatic N) is 1. The molecular weight excluding hydrogens is 361 g/mol. The summed E-state index contributed by atoms with van der Waals surface area (Å²) in [7, 11) is 1.64. The average molecular weight is 387 g/mol. The van der Waals surface area contributed by atoms with Crippen LogP contribution in [0.5, 0.6) is 0 Å². The van der Waals surface area contributed by atoms with E-state index in [9.17, 15) is 4.79 Å². The van der Waals surface area contributed by atoms with E-state index in [0.717, 1.165) is 0 Å². The smallest absolute Gasteiger partial charge is 0.325 e. The zero-order valence-corrected chi connectivity index (χ0v) is 14.7. The topological polar surface area (TPSA) is 72.0 Å². The molecule has 0 spiro atoms. The van der Waals surface area contributed by atoms with Crippen LogP contribution in [0, 0.1) is 0 Å². The molecule has 0 aliphatic rings. The van der Waals surface area contributed by atoms with Crippen LogP contribution < -0.4 is 10.6 Å². The van der Waals surface area contributed by atoms with Crippen LogP contribution in [0.1, 0.15) is 27.7 Å². The van der Waals surface area contributed by atoms with Gasteiger partial charge >= 0.3 is 5.97 Å². The lowest BCUT2D eigenvalue weighted by Crippen LogP contribution is -2.42. The molecule has 0 aromatic heterocycles. The number of carbonyl (C=O) groups is 1. The van der Waals surface area contributed by atoms with Crippen molar-refractivity contribution in [2.45, 2.75) is 33.3 Å². The van der Waals surface area contributed by atoms with Gasteiger partial charge in [0.15, 0.2) is 5.96 Å². The molecule has 0 radical (unpaired) electrons. The molecule has 0 aromatic carbocycles. The Balaban J connectivity index is 0. The highest BCUT2D eigenvalue weighted by atomic mass is 127. The minimum atomic E-state index is -0.468. The van der Waals surface area contributed by atoms with E-state index in [0.29, 0.717) is 25.7 Å². The van der Waals surface area contributed by atoms with Crippen molar-refractivity contribution >= 4 is 35.9 Å². The number of halogens is 1. The summed E-state index contributed by atoms with van der Waals surface area (Å²) >= 11 is 0. The van der Waals surface area contributed by atoms with Crippen molar-refractivity contribution in [3.8, 4) is 0 Å². The van der Waals surface area contributed by atoms with Crippen LogP contribution in [-0.2, 0) is 14.3 Å². The second kappa shape index (κ2) is 11.3. The number of hydrogen-bond donors (Lipinski definition) is 2. The Morgan fingerprint density at radius 2 is 1.89 bits per heavy atom. The second-order valence-corrected chi connectivity index (χ2v) is 4.64. The van der Waals surface area contributed by atoms with Crippen molar-refractivity contribution in [3.05, 3.63) is 0 Å². The third kappa shape index (κ3) is 13.7. The summed E-state index contributed by atoms with van der Waals surface area (Å²) in [5.41, 5.74) is -0.468. The fourth-order valence-corrected chi connectivity index (χ4v) is 1.14. The van der Waals surface area contributed by atoms with Crippen LogP contribution in [0.2, 0.25) is 0 Å². The van der Waals surface area contributed by atoms with Crippen LogP contribution in [0.25, 0.3) is 0 Å². The molecule has 0 aliphatic heterocycles. The van der Waals surface area contributed by atoms with Crippen molar-refractivity contribution in [1.29, 1.82) is 0 Å². The maximum atomic E-state index is 11.5. The highest BCUT2D eigenvalue weighted by Gasteiger charge is 2.16. The third-order valence-corrected chi connectivity index (χ3v) is 1.79. The average Bonchev–Trinajstić information content (AvgIpc) is 2.26. The van der Waals surface area contributed by atoms with E-state index >= 15 is 0 Å². The molecular formula is C12H26IN3O3. The molecule has 2 N–H and O–H groups in total. The van der Waals surface area contributed by atoms with Gasteiger partial charge in [-0.05, 0) is 27.7 Å². The molecule has 7 heteroatoms. The molecule has 0 bridgehead atoms. The number of esters is 1.